The van der Waals surface area contributed by atoms with Gasteiger partial charge >= 0.3 is 0 Å². The van der Waals surface area contributed by atoms with Gasteiger partial charge in [0.15, 0.2) is 0 Å². The summed E-state index contributed by atoms with van der Waals surface area (Å²) in [7, 11) is 0. The van der Waals surface area contributed by atoms with Crippen molar-refractivity contribution in [2.24, 2.45) is 0 Å². The highest BCUT2D eigenvalue weighted by Crippen LogP contribution is 0.498. The zero-order chi connectivity index (χ0) is 6.00. The molecule has 0 saturated carbocycles. The van der Waals surface area contributed by atoms with Crippen LogP contribution < -0.4 is 0 Å². The van der Waals surface area contributed by atoms with Crippen LogP contribution in [0.25, 0.3) is 0 Å². The first kappa shape index (κ1) is 97.4. The van der Waals surface area contributed by atoms with Gasteiger partial charge in [-0.1, -0.05) is 22.3 Å². The molecule has 0 spiro atoms. The summed E-state index contributed by atoms with van der Waals surface area (Å²) in [5.41, 5.74) is 0. The second-order valence-electron chi connectivity index (χ2n) is 0. The summed E-state index contributed by atoms with van der Waals surface area (Å²) in [5.74, 6) is 0. The summed E-state index contributed by atoms with van der Waals surface area (Å²) in [6.07, 6.45) is 0. The third kappa shape index (κ3) is 180. The number of carbonyl (C=O) groups is 3. The van der Waals surface area contributed by atoms with Gasteiger partial charge in [-0.2, -0.15) is 0 Å². The van der Waals surface area contributed by atoms with Crippen LogP contribution in [0.5, 0.6) is 0 Å². The van der Waals surface area contributed by atoms with E-state index in [-0.39, 0.29) is 22.3 Å². The Hall–Kier alpha value is -0.990. The molecule has 0 aliphatic heterocycles. The summed E-state index contributed by atoms with van der Waals surface area (Å²) >= 11 is 0. The van der Waals surface area contributed by atoms with E-state index in [4.69, 9.17) is 14.4 Å². The zero-order valence-corrected chi connectivity index (χ0v) is 3.35. The summed E-state index contributed by atoms with van der Waals surface area (Å²) in [6, 6.07) is 0. The Morgan fingerprint density at radius 2 is 0.444 bits per heavy atom. The van der Waals surface area contributed by atoms with Crippen LogP contribution >= 0.6 is 0 Å². The van der Waals surface area contributed by atoms with Crippen molar-refractivity contribution in [1.29, 1.82) is 0 Å². The molecule has 0 saturated heterocycles. The van der Waals surface area contributed by atoms with Crippen molar-refractivity contribution < 1.29 is 14.4 Å². The summed E-state index contributed by atoms with van der Waals surface area (Å²) in [6.45, 7) is 6.00. The fourth-order valence-corrected chi connectivity index (χ4v) is 0. The Balaban J connectivity index is -0.00000000321. The second kappa shape index (κ2) is 258. The molecule has 0 aliphatic carbocycles. The molecule has 0 bridgehead atoms. The van der Waals surface area contributed by atoms with Crippen LogP contribution in [0.15, 0.2) is 0 Å². The van der Waals surface area contributed by atoms with Crippen molar-refractivity contribution in [3.05, 3.63) is 0 Å². The average Bonchev–Trinajstić information content (AvgIpc) is 1.81. The molecule has 0 fully saturated rings. The summed E-state index contributed by atoms with van der Waals surface area (Å²) < 4.78 is 0. The fourth-order valence-electron chi connectivity index (χ4n) is 0. The van der Waals surface area contributed by atoms with Crippen molar-refractivity contribution in [1.82, 2.24) is 0 Å². The molecule has 0 aliphatic rings. The standard InChI is InChI=1S/3CH2O.3CH4/c3*1-2;;;/h3*1H2;3*1H4. The summed E-state index contributed by atoms with van der Waals surface area (Å²) in [4.78, 5) is 24.0. The van der Waals surface area contributed by atoms with Crippen molar-refractivity contribution in [2.45, 2.75) is 22.3 Å². The van der Waals surface area contributed by atoms with Gasteiger partial charge in [-0.15, -0.1) is 0 Å². The highest BCUT2D eigenvalue weighted by Gasteiger charge is 0.640. The van der Waals surface area contributed by atoms with Gasteiger partial charge < -0.3 is 14.4 Å². The molecule has 3 heteroatoms. The van der Waals surface area contributed by atoms with Gasteiger partial charge in [-0.25, -0.2) is 0 Å². The Morgan fingerprint density at radius 3 is 0.444 bits per heavy atom. The van der Waals surface area contributed by atoms with Crippen LogP contribution in [0, 0.1) is 0 Å². The Morgan fingerprint density at radius 1 is 0.444 bits per heavy atom. The van der Waals surface area contributed by atoms with E-state index < -0.39 is 0 Å². The maximum absolute atomic E-state index is 8.00. The predicted octanol–water partition coefficient (Wildman–Crippen LogP) is 1.35. The fraction of sp³-hybridized carbons (Fsp3) is 0.500. The molecule has 0 aromatic carbocycles. The van der Waals surface area contributed by atoms with Gasteiger partial charge in [0, 0.05) is 0 Å². The topological polar surface area (TPSA) is 51.2 Å². The molecular formula is C6H18O3. The van der Waals surface area contributed by atoms with E-state index in [9.17, 15) is 0 Å². The maximum Gasteiger partial charge on any atom is 0.106 e. The number of hydrogen-bond donors (Lipinski definition) is 0. The minimum atomic E-state index is 0. The SMILES string of the molecule is C.C.C.C=O.C=O.C=O. The first-order valence-electron chi connectivity index (χ1n) is 0.866. The van der Waals surface area contributed by atoms with Gasteiger partial charge in [0.1, 0.15) is 20.4 Å². The van der Waals surface area contributed by atoms with E-state index >= 15 is 0 Å². The average molecular weight is 138 g/mol. The van der Waals surface area contributed by atoms with Crippen LogP contribution in [0.3, 0.4) is 0 Å². The second-order valence-corrected chi connectivity index (χ2v) is 0. The van der Waals surface area contributed by atoms with Gasteiger partial charge in [0.05, 0.1) is 0 Å². The third-order valence-corrected chi connectivity index (χ3v) is 0. The largest absolute Gasteiger partial charge is 0.307 e. The van der Waals surface area contributed by atoms with Gasteiger partial charge in [-0.3, -0.25) is 0 Å². The van der Waals surface area contributed by atoms with Gasteiger partial charge in [0.25, 0.3) is 0 Å². The lowest BCUT2D eigenvalue weighted by Crippen LogP contribution is -0.925. The molecule has 0 atom stereocenters. The van der Waals surface area contributed by atoms with E-state index in [1.807, 2.05) is 20.4 Å². The molecule has 0 N–H and O–H groups in total. The van der Waals surface area contributed by atoms with Crippen molar-refractivity contribution in [3.63, 3.8) is 0 Å². The van der Waals surface area contributed by atoms with Crippen LogP contribution in [0.2, 0.25) is 0 Å². The smallest absolute Gasteiger partial charge is 0.106 e. The number of hydrogen-bond acceptors (Lipinski definition) is 3. The van der Waals surface area contributed by atoms with Crippen LogP contribution in [-0.4, -0.2) is 20.4 Å². The lowest BCUT2D eigenvalue weighted by molar-refractivity contribution is -0.0987. The van der Waals surface area contributed by atoms with Gasteiger partial charge in [-0.05, 0) is 0 Å². The van der Waals surface area contributed by atoms with Crippen molar-refractivity contribution in [3.8, 4) is 0 Å². The van der Waals surface area contributed by atoms with Crippen LogP contribution in [-0.2, 0) is 14.4 Å². The first-order valence-corrected chi connectivity index (χ1v) is 0.866. The normalized spacial score (nSPS) is 1.33. The molecule has 9 heavy (non-hydrogen) atoms. The molecule has 3 nitrogen and oxygen atoms in total. The van der Waals surface area contributed by atoms with Gasteiger partial charge in [0.2, 0.25) is 0 Å². The molecule has 0 aromatic heterocycles. The van der Waals surface area contributed by atoms with E-state index in [2.05, 4.69) is 0 Å². The van der Waals surface area contributed by atoms with Crippen molar-refractivity contribution in [2.75, 3.05) is 0 Å². The van der Waals surface area contributed by atoms with E-state index in [0.717, 1.165) is 0 Å². The quantitative estimate of drug-likeness (QED) is 0.507. The Bertz CT molecular complexity index is 13.0. The minimum absolute atomic E-state index is 0. The molecule has 0 heterocycles. The summed E-state index contributed by atoms with van der Waals surface area (Å²) in [5, 5.41) is 0. The first-order chi connectivity index (χ1) is 3.00. The molecule has 0 radical (unpaired) electrons. The number of carbonyl (C=O) groups excluding carboxylic acids is 3. The molecule has 60 valence electrons. The monoisotopic (exact) mass is 138 g/mol. The predicted molar refractivity (Wildman–Crippen MR) is 41.6 cm³/mol. The zero-order valence-electron chi connectivity index (χ0n) is 3.35. The Kier molecular flexibility index (Phi) is 2800. The lowest BCUT2D eigenvalue weighted by Gasteiger charge is -0.837. The lowest BCUT2D eigenvalue weighted by atomic mass is 11.9. The van der Waals surface area contributed by atoms with Crippen LogP contribution in [0.1, 0.15) is 22.3 Å². The number of rotatable bonds is 0. The molecule has 0 unspecified atom stereocenters. The highest BCUT2D eigenvalue weighted by molar-refractivity contribution is 5.11. The Labute approximate surface area is 58.1 Å². The minimum Gasteiger partial charge on any atom is -0.307 e. The molecule has 0 rings (SSSR count). The molecule has 0 aromatic rings. The molecular weight excluding hydrogens is 120 g/mol. The van der Waals surface area contributed by atoms with Crippen molar-refractivity contribution >= 4 is 20.4 Å². The van der Waals surface area contributed by atoms with E-state index in [1.54, 1.807) is 0 Å². The third-order valence-electron chi connectivity index (χ3n) is 0. The maximum atomic E-state index is 8.00. The highest BCUT2D eigenvalue weighted by atomic mass is 16.1. The molecule has 0 amide bonds. The van der Waals surface area contributed by atoms with Crippen LogP contribution in [0.4, 0.5) is 0 Å². The van der Waals surface area contributed by atoms with E-state index in [0.29, 0.717) is 0 Å². The van der Waals surface area contributed by atoms with E-state index in [1.165, 1.54) is 0 Å².